The average molecular weight is 356 g/mol. The second kappa shape index (κ2) is 8.71. The van der Waals surface area contributed by atoms with Crippen LogP contribution in [0.2, 0.25) is 0 Å². The standard InChI is InChI=1S/C19H24N4O3/c1-20-18(25)19-21-17(22-26-19)13-23-11-5-8-15(12-23)16(24)10-9-14-6-3-2-4-7-14/h2-4,6-7,15H,5,8-13H2,1H3,(H,20,25)/t15-/m0/s1. The van der Waals surface area contributed by atoms with E-state index in [-0.39, 0.29) is 11.8 Å². The van der Waals surface area contributed by atoms with Crippen LogP contribution in [0.1, 0.15) is 41.3 Å². The SMILES string of the molecule is CNC(=O)c1nc(CN2CCC[C@H](C(=O)CCc3ccccc3)C2)no1. The van der Waals surface area contributed by atoms with Gasteiger partial charge in [0.25, 0.3) is 0 Å². The van der Waals surface area contributed by atoms with Crippen LogP contribution in [-0.2, 0) is 17.8 Å². The number of piperidine rings is 1. The molecule has 2 aromatic rings. The Morgan fingerprint density at radius 3 is 2.88 bits per heavy atom. The number of aryl methyl sites for hydroxylation is 1. The topological polar surface area (TPSA) is 88.3 Å². The molecule has 0 aliphatic carbocycles. The molecule has 0 bridgehead atoms. The third kappa shape index (κ3) is 4.76. The molecule has 7 heteroatoms. The van der Waals surface area contributed by atoms with Gasteiger partial charge in [-0.1, -0.05) is 35.5 Å². The number of Topliss-reactive ketones (excluding diaryl/α,β-unsaturated/α-hetero) is 1. The maximum atomic E-state index is 12.6. The summed E-state index contributed by atoms with van der Waals surface area (Å²) in [7, 11) is 1.52. The molecule has 1 aromatic carbocycles. The van der Waals surface area contributed by atoms with Gasteiger partial charge < -0.3 is 9.84 Å². The van der Waals surface area contributed by atoms with Gasteiger partial charge in [-0.3, -0.25) is 14.5 Å². The number of rotatable bonds is 7. The summed E-state index contributed by atoms with van der Waals surface area (Å²) < 4.78 is 4.95. The van der Waals surface area contributed by atoms with Crippen molar-refractivity contribution in [3.8, 4) is 0 Å². The van der Waals surface area contributed by atoms with Crippen molar-refractivity contribution in [2.45, 2.75) is 32.2 Å². The number of ketones is 1. The number of nitrogens with one attached hydrogen (secondary N) is 1. The molecule has 0 saturated carbocycles. The zero-order valence-corrected chi connectivity index (χ0v) is 15.0. The van der Waals surface area contributed by atoms with Gasteiger partial charge >= 0.3 is 11.8 Å². The van der Waals surface area contributed by atoms with Crippen molar-refractivity contribution in [2.24, 2.45) is 5.92 Å². The van der Waals surface area contributed by atoms with Gasteiger partial charge in [-0.25, -0.2) is 0 Å². The van der Waals surface area contributed by atoms with E-state index in [4.69, 9.17) is 4.52 Å². The van der Waals surface area contributed by atoms with E-state index in [9.17, 15) is 9.59 Å². The molecule has 1 aliphatic heterocycles. The summed E-state index contributed by atoms with van der Waals surface area (Å²) in [6, 6.07) is 10.1. The van der Waals surface area contributed by atoms with Crippen molar-refractivity contribution in [3.05, 3.63) is 47.6 Å². The highest BCUT2D eigenvalue weighted by molar-refractivity contribution is 5.89. The van der Waals surface area contributed by atoms with Gasteiger partial charge in [0.2, 0.25) is 0 Å². The van der Waals surface area contributed by atoms with E-state index in [1.54, 1.807) is 0 Å². The Hall–Kier alpha value is -2.54. The molecule has 1 amide bonds. The number of hydrogen-bond donors (Lipinski definition) is 1. The number of hydrogen-bond acceptors (Lipinski definition) is 6. The highest BCUT2D eigenvalue weighted by atomic mass is 16.5. The van der Waals surface area contributed by atoms with Crippen LogP contribution in [0.4, 0.5) is 0 Å². The van der Waals surface area contributed by atoms with Crippen molar-refractivity contribution >= 4 is 11.7 Å². The smallest absolute Gasteiger partial charge is 0.315 e. The van der Waals surface area contributed by atoms with Crippen LogP contribution in [0, 0.1) is 5.92 Å². The molecule has 0 spiro atoms. The van der Waals surface area contributed by atoms with Crippen molar-refractivity contribution in [1.29, 1.82) is 0 Å². The van der Waals surface area contributed by atoms with Gasteiger partial charge in [-0.05, 0) is 31.4 Å². The quantitative estimate of drug-likeness (QED) is 0.814. The van der Waals surface area contributed by atoms with Crippen LogP contribution in [0.15, 0.2) is 34.9 Å². The molecule has 0 radical (unpaired) electrons. The van der Waals surface area contributed by atoms with Crippen molar-refractivity contribution in [2.75, 3.05) is 20.1 Å². The first-order chi connectivity index (χ1) is 12.7. The Morgan fingerprint density at radius 2 is 2.12 bits per heavy atom. The van der Waals surface area contributed by atoms with E-state index in [2.05, 4.69) is 32.5 Å². The molecule has 1 aromatic heterocycles. The fourth-order valence-electron chi connectivity index (χ4n) is 3.30. The number of carbonyl (C=O) groups is 2. The van der Waals surface area contributed by atoms with Crippen molar-refractivity contribution in [3.63, 3.8) is 0 Å². The van der Waals surface area contributed by atoms with Crippen LogP contribution in [0.25, 0.3) is 0 Å². The number of carbonyl (C=O) groups excluding carboxylic acids is 2. The molecule has 1 N–H and O–H groups in total. The summed E-state index contributed by atoms with van der Waals surface area (Å²) >= 11 is 0. The van der Waals surface area contributed by atoms with Crippen molar-refractivity contribution < 1.29 is 14.1 Å². The molecule has 1 fully saturated rings. The van der Waals surface area contributed by atoms with Crippen LogP contribution >= 0.6 is 0 Å². The Morgan fingerprint density at radius 1 is 1.31 bits per heavy atom. The van der Waals surface area contributed by atoms with Gasteiger partial charge in [-0.15, -0.1) is 0 Å². The lowest BCUT2D eigenvalue weighted by Crippen LogP contribution is -2.38. The lowest BCUT2D eigenvalue weighted by molar-refractivity contribution is -0.124. The second-order valence-electron chi connectivity index (χ2n) is 6.62. The summed E-state index contributed by atoms with van der Waals surface area (Å²) in [5.74, 6) is 0.419. The highest BCUT2D eigenvalue weighted by Crippen LogP contribution is 2.21. The molecule has 2 heterocycles. The number of benzene rings is 1. The summed E-state index contributed by atoms with van der Waals surface area (Å²) in [6.07, 6.45) is 3.27. The minimum atomic E-state index is -0.392. The summed E-state index contributed by atoms with van der Waals surface area (Å²) in [4.78, 5) is 30.3. The second-order valence-corrected chi connectivity index (χ2v) is 6.62. The molecule has 0 unspecified atom stereocenters. The fraction of sp³-hybridized carbons (Fsp3) is 0.474. The molecule has 7 nitrogen and oxygen atoms in total. The number of aromatic nitrogens is 2. The number of likely N-dealkylation sites (tertiary alicyclic amines) is 1. The third-order valence-corrected chi connectivity index (χ3v) is 4.72. The third-order valence-electron chi connectivity index (χ3n) is 4.72. The van der Waals surface area contributed by atoms with E-state index >= 15 is 0 Å². The number of nitrogens with zero attached hydrogens (tertiary/aromatic N) is 3. The minimum absolute atomic E-state index is 0.0324. The lowest BCUT2D eigenvalue weighted by atomic mass is 9.90. The average Bonchev–Trinajstić information content (AvgIpc) is 3.15. The predicted octanol–water partition coefficient (Wildman–Crippen LogP) is 1.84. The molecular weight excluding hydrogens is 332 g/mol. The van der Waals surface area contributed by atoms with Gasteiger partial charge in [0.15, 0.2) is 5.82 Å². The first-order valence-electron chi connectivity index (χ1n) is 8.99. The molecule has 1 saturated heterocycles. The van der Waals surface area contributed by atoms with Crippen LogP contribution in [-0.4, -0.2) is 46.9 Å². The molecular formula is C19H24N4O3. The van der Waals surface area contributed by atoms with E-state index in [0.29, 0.717) is 31.1 Å². The summed E-state index contributed by atoms with van der Waals surface area (Å²) in [5, 5.41) is 6.31. The highest BCUT2D eigenvalue weighted by Gasteiger charge is 2.26. The van der Waals surface area contributed by atoms with E-state index in [0.717, 1.165) is 25.8 Å². The van der Waals surface area contributed by atoms with Crippen molar-refractivity contribution in [1.82, 2.24) is 20.4 Å². The lowest BCUT2D eigenvalue weighted by Gasteiger charge is -2.31. The van der Waals surface area contributed by atoms with E-state index < -0.39 is 5.91 Å². The fourth-order valence-corrected chi connectivity index (χ4v) is 3.30. The summed E-state index contributed by atoms with van der Waals surface area (Å²) in [6.45, 7) is 2.09. The first-order valence-corrected chi connectivity index (χ1v) is 8.99. The maximum absolute atomic E-state index is 12.6. The zero-order valence-electron chi connectivity index (χ0n) is 15.0. The van der Waals surface area contributed by atoms with Gasteiger partial charge in [0.1, 0.15) is 5.78 Å². The molecule has 26 heavy (non-hydrogen) atoms. The van der Waals surface area contributed by atoms with E-state index in [1.165, 1.54) is 12.6 Å². The van der Waals surface area contributed by atoms with Gasteiger partial charge in [0.05, 0.1) is 6.54 Å². The Balaban J connectivity index is 1.51. The predicted molar refractivity (Wildman–Crippen MR) is 95.5 cm³/mol. The normalized spacial score (nSPS) is 17.8. The number of amides is 1. The van der Waals surface area contributed by atoms with Gasteiger partial charge in [-0.2, -0.15) is 4.98 Å². The van der Waals surface area contributed by atoms with Crippen LogP contribution in [0.5, 0.6) is 0 Å². The largest absolute Gasteiger partial charge is 0.351 e. The monoisotopic (exact) mass is 356 g/mol. The molecule has 1 atom stereocenters. The Labute approximate surface area is 152 Å². The minimum Gasteiger partial charge on any atom is -0.351 e. The molecule has 3 rings (SSSR count). The first kappa shape index (κ1) is 18.3. The van der Waals surface area contributed by atoms with E-state index in [1.807, 2.05) is 18.2 Å². The Bertz CT molecular complexity index is 744. The van der Waals surface area contributed by atoms with Crippen LogP contribution < -0.4 is 5.32 Å². The van der Waals surface area contributed by atoms with Crippen LogP contribution in [0.3, 0.4) is 0 Å². The Kier molecular flexibility index (Phi) is 6.12. The summed E-state index contributed by atoms with van der Waals surface area (Å²) in [5.41, 5.74) is 1.20. The molecule has 138 valence electrons. The zero-order chi connectivity index (χ0) is 18.4. The maximum Gasteiger partial charge on any atom is 0.315 e. The molecule has 1 aliphatic rings. The van der Waals surface area contributed by atoms with Gasteiger partial charge in [0, 0.05) is 25.9 Å².